The van der Waals surface area contributed by atoms with Crippen molar-refractivity contribution in [1.29, 1.82) is 0 Å². The van der Waals surface area contributed by atoms with Gasteiger partial charge in [-0.05, 0) is 38.3 Å². The number of halogens is 3. The monoisotopic (exact) mass is 340 g/mol. The average molecular weight is 340 g/mol. The molecule has 1 saturated heterocycles. The number of sulfonamides is 1. The quantitative estimate of drug-likeness (QED) is 0.813. The van der Waals surface area contributed by atoms with Crippen molar-refractivity contribution >= 4 is 10.0 Å². The summed E-state index contributed by atoms with van der Waals surface area (Å²) in [5.74, 6) is 0.421. The van der Waals surface area contributed by atoms with Crippen LogP contribution < -0.4 is 10.0 Å². The summed E-state index contributed by atoms with van der Waals surface area (Å²) in [6.45, 7) is 0.807. The van der Waals surface area contributed by atoms with Crippen LogP contribution in [0, 0.1) is 5.92 Å². The van der Waals surface area contributed by atoms with Gasteiger partial charge in [0.2, 0.25) is 10.0 Å². The van der Waals surface area contributed by atoms with Crippen molar-refractivity contribution in [1.82, 2.24) is 19.8 Å². The molecule has 1 atom stereocenters. The largest absolute Gasteiger partial charge is 0.408 e. The van der Waals surface area contributed by atoms with Gasteiger partial charge in [-0.2, -0.15) is 18.3 Å². The molecule has 1 aromatic heterocycles. The highest BCUT2D eigenvalue weighted by Gasteiger charge is 2.29. The van der Waals surface area contributed by atoms with Crippen molar-refractivity contribution < 1.29 is 21.6 Å². The van der Waals surface area contributed by atoms with Gasteiger partial charge in [0, 0.05) is 12.7 Å². The maximum atomic E-state index is 12.2. The maximum Gasteiger partial charge on any atom is 0.408 e. The van der Waals surface area contributed by atoms with E-state index in [0.29, 0.717) is 17.0 Å². The Hall–Kier alpha value is -1.13. The van der Waals surface area contributed by atoms with E-state index in [1.165, 1.54) is 0 Å². The Morgan fingerprint density at radius 2 is 2.23 bits per heavy atom. The first-order valence-corrected chi connectivity index (χ1v) is 8.54. The smallest absolute Gasteiger partial charge is 0.316 e. The topological polar surface area (TPSA) is 76.0 Å². The summed E-state index contributed by atoms with van der Waals surface area (Å²) in [6, 6.07) is 0. The van der Waals surface area contributed by atoms with Gasteiger partial charge >= 0.3 is 6.18 Å². The van der Waals surface area contributed by atoms with Gasteiger partial charge in [-0.1, -0.05) is 0 Å². The molecule has 0 amide bonds. The predicted molar refractivity (Wildman–Crippen MR) is 73.7 cm³/mol. The first-order chi connectivity index (χ1) is 10.3. The Bertz CT molecular complexity index is 579. The van der Waals surface area contributed by atoms with Crippen molar-refractivity contribution in [2.45, 2.75) is 36.9 Å². The van der Waals surface area contributed by atoms with Gasteiger partial charge in [0.1, 0.15) is 11.4 Å². The van der Waals surface area contributed by atoms with E-state index in [-0.39, 0.29) is 11.4 Å². The molecule has 1 aliphatic heterocycles. The molecule has 1 aromatic rings. The van der Waals surface area contributed by atoms with Crippen LogP contribution in [0.4, 0.5) is 13.2 Å². The van der Waals surface area contributed by atoms with E-state index in [0.717, 1.165) is 38.3 Å². The second kappa shape index (κ2) is 6.97. The minimum Gasteiger partial charge on any atom is -0.316 e. The summed E-state index contributed by atoms with van der Waals surface area (Å²) in [5, 5.41) is 6.68. The molecule has 2 heterocycles. The lowest BCUT2D eigenvalue weighted by Crippen LogP contribution is -2.33. The zero-order chi connectivity index (χ0) is 16.2. The third-order valence-corrected chi connectivity index (χ3v) is 4.92. The minimum absolute atomic E-state index is 0.251. The normalized spacial score (nSPS) is 20.2. The number of hydrogen-bond donors (Lipinski definition) is 2. The Kier molecular flexibility index (Phi) is 5.45. The highest BCUT2D eigenvalue weighted by Crippen LogP contribution is 2.18. The first-order valence-electron chi connectivity index (χ1n) is 7.06. The lowest BCUT2D eigenvalue weighted by Gasteiger charge is -2.22. The number of aromatic nitrogens is 2. The van der Waals surface area contributed by atoms with E-state index in [1.54, 1.807) is 0 Å². The summed E-state index contributed by atoms with van der Waals surface area (Å²) in [5.41, 5.74) is 0. The molecular weight excluding hydrogens is 321 g/mol. The van der Waals surface area contributed by atoms with Crippen molar-refractivity contribution in [3.05, 3.63) is 12.4 Å². The van der Waals surface area contributed by atoms with Gasteiger partial charge in [0.15, 0.2) is 0 Å². The van der Waals surface area contributed by atoms with Gasteiger partial charge in [-0.15, -0.1) is 0 Å². The third-order valence-electron chi connectivity index (χ3n) is 3.50. The van der Waals surface area contributed by atoms with Gasteiger partial charge < -0.3 is 5.32 Å². The van der Waals surface area contributed by atoms with Crippen molar-refractivity contribution in [3.63, 3.8) is 0 Å². The molecule has 0 bridgehead atoms. The molecule has 10 heteroatoms. The highest BCUT2D eigenvalue weighted by molar-refractivity contribution is 7.89. The minimum atomic E-state index is -4.44. The molecule has 1 aliphatic rings. The fraction of sp³-hybridized carbons (Fsp3) is 0.750. The van der Waals surface area contributed by atoms with Crippen LogP contribution in [0.1, 0.15) is 19.3 Å². The fourth-order valence-corrected chi connectivity index (χ4v) is 3.40. The summed E-state index contributed by atoms with van der Waals surface area (Å²) in [6.07, 6.45) is 0.200. The molecule has 0 radical (unpaired) electrons. The second-order valence-electron chi connectivity index (χ2n) is 5.39. The van der Waals surface area contributed by atoms with Crippen LogP contribution in [-0.2, 0) is 16.6 Å². The van der Waals surface area contributed by atoms with E-state index in [9.17, 15) is 21.6 Å². The van der Waals surface area contributed by atoms with Crippen LogP contribution >= 0.6 is 0 Å². The van der Waals surface area contributed by atoms with Crippen molar-refractivity contribution in [2.24, 2.45) is 5.92 Å². The predicted octanol–water partition coefficient (Wildman–Crippen LogP) is 1.11. The lowest BCUT2D eigenvalue weighted by molar-refractivity contribution is -0.142. The molecule has 0 spiro atoms. The molecule has 0 saturated carbocycles. The van der Waals surface area contributed by atoms with E-state index >= 15 is 0 Å². The lowest BCUT2D eigenvalue weighted by atomic mass is 9.96. The summed E-state index contributed by atoms with van der Waals surface area (Å²) >= 11 is 0. The Balaban J connectivity index is 1.87. The standard InChI is InChI=1S/C12H19F3N4O2S/c13-12(14,15)9-19-8-11(7-17-19)22(20,21)18-5-3-10-2-1-4-16-6-10/h7-8,10,16,18H,1-6,9H2. The van der Waals surface area contributed by atoms with Crippen LogP contribution in [0.2, 0.25) is 0 Å². The third kappa shape index (κ3) is 5.25. The molecule has 6 nitrogen and oxygen atoms in total. The van der Waals surface area contributed by atoms with Gasteiger partial charge in [-0.25, -0.2) is 13.1 Å². The van der Waals surface area contributed by atoms with Crippen LogP contribution in [0.25, 0.3) is 0 Å². The average Bonchev–Trinajstić information content (AvgIpc) is 2.87. The van der Waals surface area contributed by atoms with Crippen LogP contribution in [-0.4, -0.2) is 44.0 Å². The number of nitrogens with zero attached hydrogens (tertiary/aromatic N) is 2. The number of rotatable bonds is 6. The summed E-state index contributed by atoms with van der Waals surface area (Å²) < 4.78 is 63.6. The van der Waals surface area contributed by atoms with Crippen LogP contribution in [0.3, 0.4) is 0 Å². The van der Waals surface area contributed by atoms with Gasteiger partial charge in [0.25, 0.3) is 0 Å². The van der Waals surface area contributed by atoms with E-state index in [4.69, 9.17) is 0 Å². The maximum absolute atomic E-state index is 12.2. The van der Waals surface area contributed by atoms with E-state index in [2.05, 4.69) is 15.1 Å². The molecular formula is C12H19F3N4O2S. The SMILES string of the molecule is O=S(=O)(NCCC1CCCNC1)c1cnn(CC(F)(F)F)c1. The fourth-order valence-electron chi connectivity index (χ4n) is 2.40. The Morgan fingerprint density at radius 1 is 1.45 bits per heavy atom. The molecule has 1 fully saturated rings. The number of hydrogen-bond acceptors (Lipinski definition) is 4. The Labute approximate surface area is 127 Å². The number of alkyl halides is 3. The molecule has 2 rings (SSSR count). The number of nitrogens with one attached hydrogen (secondary N) is 2. The summed E-state index contributed by atoms with van der Waals surface area (Å²) in [7, 11) is -3.82. The first kappa shape index (κ1) is 17.2. The van der Waals surface area contributed by atoms with E-state index < -0.39 is 22.7 Å². The Morgan fingerprint density at radius 3 is 2.86 bits per heavy atom. The van der Waals surface area contributed by atoms with Crippen LogP contribution in [0.5, 0.6) is 0 Å². The second-order valence-corrected chi connectivity index (χ2v) is 7.15. The van der Waals surface area contributed by atoms with Gasteiger partial charge in [-0.3, -0.25) is 4.68 Å². The molecule has 0 aliphatic carbocycles. The molecule has 126 valence electrons. The molecule has 2 N–H and O–H groups in total. The highest BCUT2D eigenvalue weighted by atomic mass is 32.2. The van der Waals surface area contributed by atoms with E-state index in [1.807, 2.05) is 0 Å². The number of piperidine rings is 1. The zero-order valence-corrected chi connectivity index (χ0v) is 12.8. The van der Waals surface area contributed by atoms with Crippen LogP contribution in [0.15, 0.2) is 17.3 Å². The molecule has 22 heavy (non-hydrogen) atoms. The summed E-state index contributed by atoms with van der Waals surface area (Å²) in [4.78, 5) is -0.251. The zero-order valence-electron chi connectivity index (χ0n) is 11.9. The molecule has 0 aromatic carbocycles. The van der Waals surface area contributed by atoms with Crippen molar-refractivity contribution in [3.8, 4) is 0 Å². The molecule has 1 unspecified atom stereocenters. The van der Waals surface area contributed by atoms with Crippen molar-refractivity contribution in [2.75, 3.05) is 19.6 Å². The van der Waals surface area contributed by atoms with Gasteiger partial charge in [0.05, 0.1) is 6.20 Å².